The van der Waals surface area contributed by atoms with E-state index in [2.05, 4.69) is 29.3 Å². The predicted octanol–water partition coefficient (Wildman–Crippen LogP) is 2.43. The summed E-state index contributed by atoms with van der Waals surface area (Å²) in [5.41, 5.74) is 3.79. The zero-order chi connectivity index (χ0) is 22.0. The molecule has 0 spiro atoms. The second-order valence-electron chi connectivity index (χ2n) is 7.74. The zero-order valence-electron chi connectivity index (χ0n) is 18.6. The molecule has 164 valence electrons. The minimum absolute atomic E-state index is 0.0153. The SMILES string of the molecule is CCNC(=O)N1CCN(c2nc(COC)nc3c2c(C)nn3-c2ccc(C)cc2)CC1. The highest BCUT2D eigenvalue weighted by Crippen LogP contribution is 2.30. The third kappa shape index (κ3) is 4.18. The third-order valence-electron chi connectivity index (χ3n) is 5.48. The molecule has 3 heterocycles. The number of nitrogens with one attached hydrogen (secondary N) is 1. The number of benzene rings is 1. The van der Waals surface area contributed by atoms with Crippen molar-refractivity contribution in [1.29, 1.82) is 0 Å². The van der Waals surface area contributed by atoms with Crippen molar-refractivity contribution in [1.82, 2.24) is 30.0 Å². The van der Waals surface area contributed by atoms with Gasteiger partial charge in [-0.3, -0.25) is 0 Å². The van der Waals surface area contributed by atoms with Crippen molar-refractivity contribution in [2.75, 3.05) is 44.7 Å². The van der Waals surface area contributed by atoms with Crippen molar-refractivity contribution in [3.05, 3.63) is 41.3 Å². The fraction of sp³-hybridized carbons (Fsp3) is 0.455. The van der Waals surface area contributed by atoms with E-state index < -0.39 is 0 Å². The third-order valence-corrected chi connectivity index (χ3v) is 5.48. The maximum Gasteiger partial charge on any atom is 0.317 e. The lowest BCUT2D eigenvalue weighted by Crippen LogP contribution is -2.52. The summed E-state index contributed by atoms with van der Waals surface area (Å²) in [5, 5.41) is 8.60. The Bertz CT molecular complexity index is 1070. The van der Waals surface area contributed by atoms with Crippen LogP contribution in [0, 0.1) is 13.8 Å². The van der Waals surface area contributed by atoms with Crippen LogP contribution < -0.4 is 10.2 Å². The standard InChI is InChI=1S/C22H29N7O2/c1-5-23-22(30)28-12-10-27(11-13-28)20-19-16(3)26-29(17-8-6-15(2)7-9-17)21(19)25-18(24-20)14-31-4/h6-9H,5,10-14H2,1-4H3,(H,23,30). The zero-order valence-corrected chi connectivity index (χ0v) is 18.6. The van der Waals surface area contributed by atoms with Crippen molar-refractivity contribution in [2.24, 2.45) is 0 Å². The van der Waals surface area contributed by atoms with E-state index >= 15 is 0 Å². The molecule has 9 heteroatoms. The van der Waals surface area contributed by atoms with Gasteiger partial charge < -0.3 is 19.9 Å². The Morgan fingerprint density at radius 3 is 2.45 bits per heavy atom. The highest BCUT2D eigenvalue weighted by atomic mass is 16.5. The van der Waals surface area contributed by atoms with E-state index in [1.54, 1.807) is 7.11 Å². The first-order valence-corrected chi connectivity index (χ1v) is 10.6. The number of hydrogen-bond donors (Lipinski definition) is 1. The van der Waals surface area contributed by atoms with Crippen LogP contribution in [-0.2, 0) is 11.3 Å². The number of aryl methyl sites for hydroxylation is 2. The summed E-state index contributed by atoms with van der Waals surface area (Å²) in [5.74, 6) is 1.47. The molecule has 31 heavy (non-hydrogen) atoms. The Kier molecular flexibility index (Phi) is 6.03. The topological polar surface area (TPSA) is 88.4 Å². The normalized spacial score (nSPS) is 14.3. The van der Waals surface area contributed by atoms with E-state index in [1.165, 1.54) is 5.56 Å². The van der Waals surface area contributed by atoms with Gasteiger partial charge in [-0.25, -0.2) is 19.4 Å². The quantitative estimate of drug-likeness (QED) is 0.678. The van der Waals surface area contributed by atoms with Gasteiger partial charge >= 0.3 is 6.03 Å². The lowest BCUT2D eigenvalue weighted by atomic mass is 10.2. The lowest BCUT2D eigenvalue weighted by molar-refractivity contribution is 0.178. The van der Waals surface area contributed by atoms with Crippen LogP contribution in [0.15, 0.2) is 24.3 Å². The fourth-order valence-electron chi connectivity index (χ4n) is 3.88. The molecule has 1 aliphatic heterocycles. The van der Waals surface area contributed by atoms with E-state index in [4.69, 9.17) is 19.8 Å². The van der Waals surface area contributed by atoms with Crippen molar-refractivity contribution in [3.8, 4) is 5.69 Å². The summed E-state index contributed by atoms with van der Waals surface area (Å²) in [4.78, 5) is 25.8. The maximum atomic E-state index is 12.2. The predicted molar refractivity (Wildman–Crippen MR) is 120 cm³/mol. The number of carbonyl (C=O) groups excluding carboxylic acids is 1. The molecule has 1 aliphatic rings. The number of fused-ring (bicyclic) bond motifs is 1. The Labute approximate surface area is 182 Å². The largest absolute Gasteiger partial charge is 0.377 e. The molecular formula is C22H29N7O2. The van der Waals surface area contributed by atoms with Gasteiger partial charge in [-0.15, -0.1) is 0 Å². The molecule has 1 aromatic carbocycles. The van der Waals surface area contributed by atoms with Gasteiger partial charge in [0.2, 0.25) is 0 Å². The van der Waals surface area contributed by atoms with Gasteiger partial charge in [0.25, 0.3) is 0 Å². The fourth-order valence-corrected chi connectivity index (χ4v) is 3.88. The summed E-state index contributed by atoms with van der Waals surface area (Å²) in [6.45, 7) is 9.61. The maximum absolute atomic E-state index is 12.2. The number of aromatic nitrogens is 4. The molecule has 0 saturated carbocycles. The summed E-state index contributed by atoms with van der Waals surface area (Å²) in [6.07, 6.45) is 0. The molecule has 0 unspecified atom stereocenters. The van der Waals surface area contributed by atoms with Crippen LogP contribution in [0.5, 0.6) is 0 Å². The van der Waals surface area contributed by atoms with Crippen LogP contribution in [0.1, 0.15) is 24.0 Å². The van der Waals surface area contributed by atoms with Gasteiger partial charge in [0.15, 0.2) is 11.5 Å². The Morgan fingerprint density at radius 1 is 1.10 bits per heavy atom. The molecule has 9 nitrogen and oxygen atoms in total. The van der Waals surface area contributed by atoms with E-state index in [1.807, 2.05) is 35.6 Å². The molecule has 0 atom stereocenters. The molecule has 3 aromatic rings. The summed E-state index contributed by atoms with van der Waals surface area (Å²) >= 11 is 0. The second kappa shape index (κ2) is 8.89. The van der Waals surface area contributed by atoms with Crippen LogP contribution >= 0.6 is 0 Å². The number of urea groups is 1. The summed E-state index contributed by atoms with van der Waals surface area (Å²) in [6, 6.07) is 8.21. The number of rotatable bonds is 5. The number of nitrogens with zero attached hydrogens (tertiary/aromatic N) is 6. The Morgan fingerprint density at radius 2 is 1.81 bits per heavy atom. The molecule has 2 aromatic heterocycles. The van der Waals surface area contributed by atoms with Crippen LogP contribution in [0.25, 0.3) is 16.7 Å². The number of piperazine rings is 1. The average Bonchev–Trinajstić information content (AvgIpc) is 3.11. The smallest absolute Gasteiger partial charge is 0.317 e. The van der Waals surface area contributed by atoms with Crippen molar-refractivity contribution in [2.45, 2.75) is 27.4 Å². The van der Waals surface area contributed by atoms with Crippen molar-refractivity contribution >= 4 is 22.9 Å². The minimum atomic E-state index is -0.0153. The molecule has 1 N–H and O–H groups in total. The average molecular weight is 424 g/mol. The molecule has 0 aliphatic carbocycles. The number of ether oxygens (including phenoxy) is 1. The number of amides is 2. The summed E-state index contributed by atoms with van der Waals surface area (Å²) in [7, 11) is 1.64. The number of carbonyl (C=O) groups is 1. The number of methoxy groups -OCH3 is 1. The van der Waals surface area contributed by atoms with E-state index in [9.17, 15) is 4.79 Å². The molecular weight excluding hydrogens is 394 g/mol. The monoisotopic (exact) mass is 423 g/mol. The van der Waals surface area contributed by atoms with Gasteiger partial charge in [0, 0.05) is 39.8 Å². The first-order chi connectivity index (χ1) is 15.0. The van der Waals surface area contributed by atoms with E-state index in [-0.39, 0.29) is 6.03 Å². The first-order valence-electron chi connectivity index (χ1n) is 10.6. The lowest BCUT2D eigenvalue weighted by Gasteiger charge is -2.35. The Balaban J connectivity index is 1.73. The van der Waals surface area contributed by atoms with Crippen LogP contribution in [0.3, 0.4) is 0 Å². The Hall–Kier alpha value is -3.20. The van der Waals surface area contributed by atoms with Crippen LogP contribution in [-0.4, -0.2) is 70.5 Å². The number of hydrogen-bond acceptors (Lipinski definition) is 6. The van der Waals surface area contributed by atoms with Gasteiger partial charge in [-0.2, -0.15) is 5.10 Å². The number of anilines is 1. The highest BCUT2D eigenvalue weighted by molar-refractivity contribution is 5.91. The molecule has 0 bridgehead atoms. The van der Waals surface area contributed by atoms with Crippen molar-refractivity contribution in [3.63, 3.8) is 0 Å². The minimum Gasteiger partial charge on any atom is -0.377 e. The van der Waals surface area contributed by atoms with Crippen LogP contribution in [0.4, 0.5) is 10.6 Å². The highest BCUT2D eigenvalue weighted by Gasteiger charge is 2.26. The van der Waals surface area contributed by atoms with Gasteiger partial charge in [0.1, 0.15) is 12.4 Å². The molecule has 2 amide bonds. The van der Waals surface area contributed by atoms with Gasteiger partial charge in [-0.05, 0) is 32.9 Å². The van der Waals surface area contributed by atoms with E-state index in [0.717, 1.165) is 28.2 Å². The molecule has 1 fully saturated rings. The molecule has 4 rings (SSSR count). The molecule has 0 radical (unpaired) electrons. The first kappa shape index (κ1) is 21.0. The van der Waals surface area contributed by atoms with Crippen molar-refractivity contribution < 1.29 is 9.53 Å². The van der Waals surface area contributed by atoms with Crippen LogP contribution in [0.2, 0.25) is 0 Å². The van der Waals surface area contributed by atoms with Gasteiger partial charge in [0.05, 0.1) is 16.8 Å². The second-order valence-corrected chi connectivity index (χ2v) is 7.74. The van der Waals surface area contributed by atoms with Gasteiger partial charge in [-0.1, -0.05) is 17.7 Å². The summed E-state index contributed by atoms with van der Waals surface area (Å²) < 4.78 is 7.20. The van der Waals surface area contributed by atoms with E-state index in [0.29, 0.717) is 45.2 Å². The molecule has 1 saturated heterocycles.